The molecule has 2 aromatic heterocycles. The van der Waals surface area contributed by atoms with Crippen molar-refractivity contribution in [2.24, 2.45) is 0 Å². The number of nitrogens with zero attached hydrogens (tertiary/aromatic N) is 2. The van der Waals surface area contributed by atoms with Crippen molar-refractivity contribution < 1.29 is 9.59 Å². The predicted molar refractivity (Wildman–Crippen MR) is 102 cm³/mol. The molecule has 0 radical (unpaired) electrons. The summed E-state index contributed by atoms with van der Waals surface area (Å²) in [4.78, 5) is 42.1. The Hall–Kier alpha value is -2.80. The van der Waals surface area contributed by atoms with Crippen molar-refractivity contribution >= 4 is 33.2 Å². The molecular weight excluding hydrogens is 350 g/mol. The summed E-state index contributed by atoms with van der Waals surface area (Å²) in [7, 11) is 0. The molecule has 0 unspecified atom stereocenters. The minimum atomic E-state index is -0.193. The highest BCUT2D eigenvalue weighted by atomic mass is 32.1. The number of nitrogens with one attached hydrogen (secondary N) is 1. The van der Waals surface area contributed by atoms with E-state index in [0.29, 0.717) is 22.3 Å². The molecule has 1 aromatic carbocycles. The first-order valence-electron chi connectivity index (χ1n) is 8.32. The number of fused-ring (bicyclic) bond motifs is 1. The van der Waals surface area contributed by atoms with Crippen molar-refractivity contribution in [2.75, 3.05) is 0 Å². The van der Waals surface area contributed by atoms with Gasteiger partial charge in [-0.3, -0.25) is 19.0 Å². The number of aryl methyl sites for hydroxylation is 1. The third-order valence-electron chi connectivity index (χ3n) is 4.05. The molecule has 0 saturated carbocycles. The number of hydrogen-bond donors (Lipinski definition) is 1. The van der Waals surface area contributed by atoms with E-state index in [-0.39, 0.29) is 23.8 Å². The van der Waals surface area contributed by atoms with Crippen LogP contribution in [0.1, 0.15) is 34.6 Å². The molecule has 7 heteroatoms. The minimum Gasteiger partial charge on any atom is -0.352 e. The Kier molecular flexibility index (Phi) is 5.27. The normalized spacial score (nSPS) is 10.8. The molecule has 0 spiro atoms. The monoisotopic (exact) mass is 369 g/mol. The average molecular weight is 369 g/mol. The maximum Gasteiger partial charge on any atom is 0.262 e. The Labute approximate surface area is 154 Å². The summed E-state index contributed by atoms with van der Waals surface area (Å²) in [6, 6.07) is 8.85. The van der Waals surface area contributed by atoms with Crippen molar-refractivity contribution in [2.45, 2.75) is 33.4 Å². The van der Waals surface area contributed by atoms with Gasteiger partial charge in [0.1, 0.15) is 4.83 Å². The van der Waals surface area contributed by atoms with E-state index in [0.717, 1.165) is 16.9 Å². The number of aromatic nitrogens is 2. The van der Waals surface area contributed by atoms with Gasteiger partial charge in [0.25, 0.3) is 5.56 Å². The summed E-state index contributed by atoms with van der Waals surface area (Å²) in [5.41, 5.74) is 1.23. The molecule has 0 fully saturated rings. The molecule has 0 saturated heterocycles. The standard InChI is InChI=1S/C19H19N3O3S/c1-3-15-8-16-18(26-15)21-11-22(19(16)25)10-17(24)14-6-4-13(5-7-14)9-20-12(2)23/h4-8,11H,3,9-10H2,1-2H3,(H,20,23). The number of amides is 1. The van der Waals surface area contributed by atoms with Crippen LogP contribution in [0.2, 0.25) is 0 Å². The van der Waals surface area contributed by atoms with Crippen LogP contribution in [0, 0.1) is 0 Å². The lowest BCUT2D eigenvalue weighted by Gasteiger charge is -2.06. The second-order valence-electron chi connectivity index (χ2n) is 5.99. The van der Waals surface area contributed by atoms with Gasteiger partial charge in [0, 0.05) is 23.9 Å². The number of thiophene rings is 1. The molecule has 0 aliphatic carbocycles. The fraction of sp³-hybridized carbons (Fsp3) is 0.263. The highest BCUT2D eigenvalue weighted by Gasteiger charge is 2.12. The molecule has 2 heterocycles. The molecule has 0 aliphatic heterocycles. The van der Waals surface area contributed by atoms with Gasteiger partial charge in [0.2, 0.25) is 5.91 Å². The van der Waals surface area contributed by atoms with Crippen molar-refractivity contribution in [1.82, 2.24) is 14.9 Å². The van der Waals surface area contributed by atoms with Crippen molar-refractivity contribution in [3.05, 3.63) is 63.0 Å². The van der Waals surface area contributed by atoms with Crippen molar-refractivity contribution in [3.8, 4) is 0 Å². The Morgan fingerprint density at radius 2 is 1.96 bits per heavy atom. The van der Waals surface area contributed by atoms with Crippen LogP contribution in [-0.2, 0) is 24.3 Å². The fourth-order valence-electron chi connectivity index (χ4n) is 2.58. The number of hydrogen-bond acceptors (Lipinski definition) is 5. The van der Waals surface area contributed by atoms with E-state index in [1.165, 1.54) is 29.2 Å². The van der Waals surface area contributed by atoms with Gasteiger partial charge in [-0.25, -0.2) is 4.98 Å². The molecule has 134 valence electrons. The highest BCUT2D eigenvalue weighted by molar-refractivity contribution is 7.18. The van der Waals surface area contributed by atoms with Crippen LogP contribution in [-0.4, -0.2) is 21.2 Å². The van der Waals surface area contributed by atoms with Gasteiger partial charge in [0.15, 0.2) is 5.78 Å². The molecule has 3 aromatic rings. The second kappa shape index (κ2) is 7.61. The van der Waals surface area contributed by atoms with E-state index in [9.17, 15) is 14.4 Å². The van der Waals surface area contributed by atoms with E-state index in [2.05, 4.69) is 10.3 Å². The molecular formula is C19H19N3O3S. The Balaban J connectivity index is 1.77. The topological polar surface area (TPSA) is 81.1 Å². The maximum absolute atomic E-state index is 12.6. The summed E-state index contributed by atoms with van der Waals surface area (Å²) >= 11 is 1.50. The Morgan fingerprint density at radius 1 is 1.23 bits per heavy atom. The Morgan fingerprint density at radius 3 is 2.62 bits per heavy atom. The van der Waals surface area contributed by atoms with Gasteiger partial charge >= 0.3 is 0 Å². The van der Waals surface area contributed by atoms with Crippen LogP contribution in [0.3, 0.4) is 0 Å². The third-order valence-corrected chi connectivity index (χ3v) is 5.24. The maximum atomic E-state index is 12.6. The number of benzene rings is 1. The smallest absolute Gasteiger partial charge is 0.262 e. The summed E-state index contributed by atoms with van der Waals surface area (Å²) in [6.07, 6.45) is 2.29. The van der Waals surface area contributed by atoms with Crippen LogP contribution < -0.4 is 10.9 Å². The number of carbonyl (C=O) groups excluding carboxylic acids is 2. The third kappa shape index (κ3) is 3.88. The minimum absolute atomic E-state index is 0.0515. The van der Waals surface area contributed by atoms with Crippen LogP contribution >= 0.6 is 11.3 Å². The van der Waals surface area contributed by atoms with Gasteiger partial charge in [-0.05, 0) is 18.1 Å². The van der Waals surface area contributed by atoms with E-state index in [4.69, 9.17) is 0 Å². The van der Waals surface area contributed by atoms with Crippen LogP contribution in [0.4, 0.5) is 0 Å². The largest absolute Gasteiger partial charge is 0.352 e. The van der Waals surface area contributed by atoms with Gasteiger partial charge < -0.3 is 5.32 Å². The highest BCUT2D eigenvalue weighted by Crippen LogP contribution is 2.21. The molecule has 3 rings (SSSR count). The number of rotatable bonds is 6. The molecule has 26 heavy (non-hydrogen) atoms. The predicted octanol–water partition coefficient (Wildman–Crippen LogP) is 2.54. The lowest BCUT2D eigenvalue weighted by Crippen LogP contribution is -2.24. The van der Waals surface area contributed by atoms with Gasteiger partial charge in [-0.2, -0.15) is 0 Å². The number of Topliss-reactive ketones (excluding diaryl/α,β-unsaturated/α-hetero) is 1. The molecule has 1 amide bonds. The van der Waals surface area contributed by atoms with E-state index in [1.807, 2.05) is 13.0 Å². The number of ketones is 1. The fourth-order valence-corrected chi connectivity index (χ4v) is 3.50. The summed E-state index contributed by atoms with van der Waals surface area (Å²) in [5.74, 6) is -0.266. The van der Waals surface area contributed by atoms with Gasteiger partial charge in [0.05, 0.1) is 18.3 Å². The van der Waals surface area contributed by atoms with Crippen LogP contribution in [0.15, 0.2) is 41.5 Å². The first kappa shape index (κ1) is 18.0. The first-order chi connectivity index (χ1) is 12.5. The quantitative estimate of drug-likeness (QED) is 0.677. The molecule has 0 aliphatic rings. The second-order valence-corrected chi connectivity index (χ2v) is 7.11. The molecule has 0 atom stereocenters. The molecule has 6 nitrogen and oxygen atoms in total. The summed E-state index contributed by atoms with van der Waals surface area (Å²) in [6.45, 7) is 3.85. The first-order valence-corrected chi connectivity index (χ1v) is 9.14. The molecule has 0 bridgehead atoms. The zero-order chi connectivity index (χ0) is 18.7. The van der Waals surface area contributed by atoms with E-state index < -0.39 is 0 Å². The lowest BCUT2D eigenvalue weighted by molar-refractivity contribution is -0.119. The lowest BCUT2D eigenvalue weighted by atomic mass is 10.1. The van der Waals surface area contributed by atoms with Crippen LogP contribution in [0.25, 0.3) is 10.2 Å². The summed E-state index contributed by atoms with van der Waals surface area (Å²) < 4.78 is 1.35. The van der Waals surface area contributed by atoms with E-state index >= 15 is 0 Å². The molecule has 1 N–H and O–H groups in total. The summed E-state index contributed by atoms with van der Waals surface area (Å²) in [5, 5.41) is 3.27. The SMILES string of the molecule is CCc1cc2c(=O)n(CC(=O)c3ccc(CNC(C)=O)cc3)cnc2s1. The van der Waals surface area contributed by atoms with Gasteiger partial charge in [-0.15, -0.1) is 11.3 Å². The number of carbonyl (C=O) groups is 2. The van der Waals surface area contributed by atoms with Crippen LogP contribution in [0.5, 0.6) is 0 Å². The van der Waals surface area contributed by atoms with E-state index in [1.54, 1.807) is 24.3 Å². The average Bonchev–Trinajstić information content (AvgIpc) is 3.07. The van der Waals surface area contributed by atoms with Crippen molar-refractivity contribution in [1.29, 1.82) is 0 Å². The van der Waals surface area contributed by atoms with Crippen molar-refractivity contribution in [3.63, 3.8) is 0 Å². The zero-order valence-corrected chi connectivity index (χ0v) is 15.4. The Bertz CT molecular complexity index is 1020. The van der Waals surface area contributed by atoms with Gasteiger partial charge in [-0.1, -0.05) is 31.2 Å². The zero-order valence-electron chi connectivity index (χ0n) is 14.6.